The molecule has 1 saturated heterocycles. The Labute approximate surface area is 126 Å². The predicted octanol–water partition coefficient (Wildman–Crippen LogP) is 2.26. The molecule has 2 N–H and O–H groups in total. The van der Waals surface area contributed by atoms with Crippen LogP contribution in [0.5, 0.6) is 0 Å². The monoisotopic (exact) mass is 288 g/mol. The average Bonchev–Trinajstić information content (AvgIpc) is 2.45. The zero-order chi connectivity index (χ0) is 15.7. The van der Waals surface area contributed by atoms with Crippen LogP contribution in [0.15, 0.2) is 6.07 Å². The van der Waals surface area contributed by atoms with Gasteiger partial charge in [-0.25, -0.2) is 0 Å². The van der Waals surface area contributed by atoms with Crippen molar-refractivity contribution in [1.29, 1.82) is 0 Å². The highest BCUT2D eigenvalue weighted by Crippen LogP contribution is 2.25. The Morgan fingerprint density at radius 2 is 1.52 bits per heavy atom. The molecule has 0 unspecified atom stereocenters. The van der Waals surface area contributed by atoms with Gasteiger partial charge in [-0.05, 0) is 62.8 Å². The molecule has 0 bridgehead atoms. The number of likely N-dealkylation sites (tertiary alicyclic amines) is 1. The Bertz CT molecular complexity index is 559. The Morgan fingerprint density at radius 1 is 1.05 bits per heavy atom. The summed E-state index contributed by atoms with van der Waals surface area (Å²) >= 11 is 0. The Hall–Kier alpha value is -1.84. The number of hydrogen-bond donors (Lipinski definition) is 1. The highest BCUT2D eigenvalue weighted by Gasteiger charge is 2.28. The first-order valence-corrected chi connectivity index (χ1v) is 7.49. The summed E-state index contributed by atoms with van der Waals surface area (Å²) in [5.74, 6) is -0.254. The number of primary amides is 1. The number of nitrogens with zero attached hydrogens (tertiary/aromatic N) is 1. The van der Waals surface area contributed by atoms with E-state index in [1.807, 2.05) is 32.6 Å². The van der Waals surface area contributed by atoms with Crippen molar-refractivity contribution < 1.29 is 9.59 Å². The second-order valence-corrected chi connectivity index (χ2v) is 6.10. The van der Waals surface area contributed by atoms with E-state index in [-0.39, 0.29) is 17.7 Å². The van der Waals surface area contributed by atoms with E-state index in [1.54, 1.807) is 0 Å². The molecule has 1 aromatic carbocycles. The van der Waals surface area contributed by atoms with Crippen LogP contribution in [0, 0.1) is 33.6 Å². The third-order valence-corrected chi connectivity index (χ3v) is 4.76. The highest BCUT2D eigenvalue weighted by atomic mass is 16.2. The molecule has 0 atom stereocenters. The van der Waals surface area contributed by atoms with Crippen LogP contribution < -0.4 is 5.73 Å². The maximum absolute atomic E-state index is 12.8. The first-order chi connectivity index (χ1) is 9.82. The van der Waals surface area contributed by atoms with Crippen LogP contribution in [0.1, 0.15) is 45.5 Å². The van der Waals surface area contributed by atoms with Crippen molar-refractivity contribution in [1.82, 2.24) is 4.90 Å². The van der Waals surface area contributed by atoms with Gasteiger partial charge in [0.1, 0.15) is 0 Å². The highest BCUT2D eigenvalue weighted by molar-refractivity contribution is 5.98. The zero-order valence-corrected chi connectivity index (χ0v) is 13.3. The lowest BCUT2D eigenvalue weighted by Gasteiger charge is -2.31. The molecule has 1 aromatic rings. The molecule has 4 heteroatoms. The van der Waals surface area contributed by atoms with Crippen LogP contribution in [0.3, 0.4) is 0 Å². The lowest BCUT2D eigenvalue weighted by atomic mass is 9.91. The fourth-order valence-electron chi connectivity index (χ4n) is 3.06. The normalized spacial score (nSPS) is 16.1. The summed E-state index contributed by atoms with van der Waals surface area (Å²) in [4.78, 5) is 25.9. The predicted molar refractivity (Wildman–Crippen MR) is 83.2 cm³/mol. The van der Waals surface area contributed by atoms with Crippen LogP contribution in [0.25, 0.3) is 0 Å². The number of rotatable bonds is 2. The van der Waals surface area contributed by atoms with E-state index in [1.165, 1.54) is 0 Å². The first kappa shape index (κ1) is 15.5. The minimum atomic E-state index is -0.249. The molecule has 1 fully saturated rings. The van der Waals surface area contributed by atoms with Gasteiger partial charge in [-0.3, -0.25) is 9.59 Å². The van der Waals surface area contributed by atoms with Crippen molar-refractivity contribution in [2.75, 3.05) is 13.1 Å². The summed E-state index contributed by atoms with van der Waals surface area (Å²) in [6.07, 6.45) is 1.34. The van der Waals surface area contributed by atoms with Gasteiger partial charge in [-0.2, -0.15) is 0 Å². The van der Waals surface area contributed by atoms with Crippen LogP contribution in [0.2, 0.25) is 0 Å². The molecule has 114 valence electrons. The van der Waals surface area contributed by atoms with Crippen LogP contribution in [0.4, 0.5) is 0 Å². The summed E-state index contributed by atoms with van der Waals surface area (Å²) in [7, 11) is 0. The molecule has 0 radical (unpaired) electrons. The molecule has 1 aliphatic rings. The van der Waals surface area contributed by atoms with Crippen LogP contribution in [-0.4, -0.2) is 29.8 Å². The number of piperidine rings is 1. The van der Waals surface area contributed by atoms with E-state index in [0.29, 0.717) is 25.9 Å². The van der Waals surface area contributed by atoms with Crippen molar-refractivity contribution in [3.05, 3.63) is 33.9 Å². The van der Waals surface area contributed by atoms with Gasteiger partial charge in [0.2, 0.25) is 5.91 Å². The van der Waals surface area contributed by atoms with E-state index in [9.17, 15) is 9.59 Å². The van der Waals surface area contributed by atoms with Gasteiger partial charge < -0.3 is 10.6 Å². The molecule has 1 heterocycles. The number of aryl methyl sites for hydroxylation is 2. The lowest BCUT2D eigenvalue weighted by Crippen LogP contribution is -2.42. The van der Waals surface area contributed by atoms with Gasteiger partial charge in [0.05, 0.1) is 0 Å². The van der Waals surface area contributed by atoms with E-state index in [0.717, 1.165) is 27.8 Å². The number of nitrogens with two attached hydrogens (primary N) is 1. The van der Waals surface area contributed by atoms with Crippen molar-refractivity contribution in [2.45, 2.75) is 40.5 Å². The molecular weight excluding hydrogens is 264 g/mol. The van der Waals surface area contributed by atoms with Gasteiger partial charge in [-0.1, -0.05) is 6.07 Å². The third-order valence-electron chi connectivity index (χ3n) is 4.76. The van der Waals surface area contributed by atoms with Gasteiger partial charge in [0.15, 0.2) is 0 Å². The largest absolute Gasteiger partial charge is 0.369 e. The fourth-order valence-corrected chi connectivity index (χ4v) is 3.06. The maximum atomic E-state index is 12.8. The van der Waals surface area contributed by atoms with Crippen LogP contribution >= 0.6 is 0 Å². The Kier molecular flexibility index (Phi) is 4.35. The lowest BCUT2D eigenvalue weighted by molar-refractivity contribution is -0.123. The smallest absolute Gasteiger partial charge is 0.254 e. The quantitative estimate of drug-likeness (QED) is 0.907. The van der Waals surface area contributed by atoms with Crippen molar-refractivity contribution in [2.24, 2.45) is 11.7 Å². The van der Waals surface area contributed by atoms with Crippen LogP contribution in [-0.2, 0) is 4.79 Å². The van der Waals surface area contributed by atoms with E-state index >= 15 is 0 Å². The third kappa shape index (κ3) is 2.94. The molecule has 21 heavy (non-hydrogen) atoms. The number of amides is 2. The molecule has 0 saturated carbocycles. The van der Waals surface area contributed by atoms with Crippen molar-refractivity contribution >= 4 is 11.8 Å². The summed E-state index contributed by atoms with van der Waals surface area (Å²) in [5, 5.41) is 0. The van der Waals surface area contributed by atoms with E-state index in [4.69, 9.17) is 5.73 Å². The topological polar surface area (TPSA) is 63.4 Å². The molecule has 2 amide bonds. The van der Waals surface area contributed by atoms with Gasteiger partial charge in [0.25, 0.3) is 5.91 Å². The minimum Gasteiger partial charge on any atom is -0.369 e. The fraction of sp³-hybridized carbons (Fsp3) is 0.529. The standard InChI is InChI=1S/C17H24N2O2/c1-10-9-11(2)13(4)15(12(10)3)17(21)19-7-5-14(6-8-19)16(18)20/h9,14H,5-8H2,1-4H3,(H2,18,20). The molecule has 0 aromatic heterocycles. The molecule has 4 nitrogen and oxygen atoms in total. The maximum Gasteiger partial charge on any atom is 0.254 e. The SMILES string of the molecule is Cc1cc(C)c(C)c(C(=O)N2CCC(C(N)=O)CC2)c1C. The number of hydrogen-bond acceptors (Lipinski definition) is 2. The summed E-state index contributed by atoms with van der Waals surface area (Å²) < 4.78 is 0. The minimum absolute atomic E-state index is 0.0831. The van der Waals surface area contributed by atoms with Crippen molar-refractivity contribution in [3.63, 3.8) is 0 Å². The molecule has 1 aliphatic heterocycles. The Balaban J connectivity index is 2.24. The number of carbonyl (C=O) groups is 2. The second-order valence-electron chi connectivity index (χ2n) is 6.10. The van der Waals surface area contributed by atoms with E-state index in [2.05, 4.69) is 6.07 Å². The Morgan fingerprint density at radius 3 is 1.95 bits per heavy atom. The molecule has 0 spiro atoms. The first-order valence-electron chi connectivity index (χ1n) is 7.49. The summed E-state index contributed by atoms with van der Waals surface area (Å²) in [6.45, 7) is 9.31. The average molecular weight is 288 g/mol. The summed E-state index contributed by atoms with van der Waals surface area (Å²) in [6, 6.07) is 2.13. The molecule has 2 rings (SSSR count). The van der Waals surface area contributed by atoms with Gasteiger partial charge in [-0.15, -0.1) is 0 Å². The van der Waals surface area contributed by atoms with E-state index < -0.39 is 0 Å². The summed E-state index contributed by atoms with van der Waals surface area (Å²) in [5.41, 5.74) is 10.6. The van der Waals surface area contributed by atoms with Gasteiger partial charge >= 0.3 is 0 Å². The number of carbonyl (C=O) groups excluding carboxylic acids is 2. The van der Waals surface area contributed by atoms with Gasteiger partial charge in [0, 0.05) is 24.6 Å². The zero-order valence-electron chi connectivity index (χ0n) is 13.3. The van der Waals surface area contributed by atoms with Crippen molar-refractivity contribution in [3.8, 4) is 0 Å². The molecular formula is C17H24N2O2. The molecule has 0 aliphatic carbocycles. The second kappa shape index (κ2) is 5.88. The number of benzene rings is 1.